The van der Waals surface area contributed by atoms with Crippen molar-refractivity contribution in [1.29, 1.82) is 0 Å². The highest BCUT2D eigenvalue weighted by molar-refractivity contribution is 6.09. The Hall–Kier alpha value is -2.69. The van der Waals surface area contributed by atoms with Crippen molar-refractivity contribution in [3.63, 3.8) is 0 Å². The molecular weight excluding hydrogens is 302 g/mol. The Morgan fingerprint density at radius 2 is 2.00 bits per heavy atom. The first-order valence-electron chi connectivity index (χ1n) is 8.03. The topological polar surface area (TPSA) is 61.8 Å². The summed E-state index contributed by atoms with van der Waals surface area (Å²) in [6, 6.07) is 9.63. The SMILES string of the molecule is CC1=CN2C(=NC(=O)CC2(C)C(=O)NC(C)c2ccccc2)C=C1. The van der Waals surface area contributed by atoms with Gasteiger partial charge in [0.1, 0.15) is 11.4 Å². The van der Waals surface area contributed by atoms with Gasteiger partial charge in [0.15, 0.2) is 0 Å². The number of nitrogens with one attached hydrogen (secondary N) is 1. The molecule has 1 aromatic rings. The number of hydrogen-bond donors (Lipinski definition) is 1. The second-order valence-corrected chi connectivity index (χ2v) is 6.50. The Labute approximate surface area is 141 Å². The van der Waals surface area contributed by atoms with Gasteiger partial charge in [-0.1, -0.05) is 36.4 Å². The molecular formula is C19H21N3O2. The standard InChI is InChI=1S/C19H21N3O2/c1-13-9-10-16-21-17(23)11-19(3,22(16)12-13)18(24)20-14(2)15-7-5-4-6-8-15/h4-10,12,14H,11H2,1-3H3,(H,20,24). The van der Waals surface area contributed by atoms with Crippen molar-refractivity contribution in [1.82, 2.24) is 10.2 Å². The highest BCUT2D eigenvalue weighted by Gasteiger charge is 2.45. The van der Waals surface area contributed by atoms with E-state index < -0.39 is 5.54 Å². The van der Waals surface area contributed by atoms with Crippen LogP contribution in [0.15, 0.2) is 59.2 Å². The molecule has 3 rings (SSSR count). The summed E-state index contributed by atoms with van der Waals surface area (Å²) in [5.41, 5.74) is 1.05. The molecule has 124 valence electrons. The minimum Gasteiger partial charge on any atom is -0.348 e. The van der Waals surface area contributed by atoms with Gasteiger partial charge in [-0.3, -0.25) is 9.59 Å². The molecule has 1 N–H and O–H groups in total. The third kappa shape index (κ3) is 2.89. The molecule has 0 radical (unpaired) electrons. The molecule has 0 saturated heterocycles. The molecule has 0 aromatic heterocycles. The molecule has 5 heteroatoms. The predicted molar refractivity (Wildman–Crippen MR) is 93.2 cm³/mol. The zero-order valence-electron chi connectivity index (χ0n) is 14.1. The summed E-state index contributed by atoms with van der Waals surface area (Å²) >= 11 is 0. The fourth-order valence-electron chi connectivity index (χ4n) is 3.00. The number of nitrogens with zero attached hydrogens (tertiary/aromatic N) is 2. The van der Waals surface area contributed by atoms with Crippen LogP contribution < -0.4 is 5.32 Å². The Balaban J connectivity index is 1.86. The summed E-state index contributed by atoms with van der Waals surface area (Å²) in [6.45, 7) is 5.68. The smallest absolute Gasteiger partial charge is 0.250 e. The number of carbonyl (C=O) groups is 2. The van der Waals surface area contributed by atoms with Crippen LogP contribution >= 0.6 is 0 Å². The second-order valence-electron chi connectivity index (χ2n) is 6.50. The lowest BCUT2D eigenvalue weighted by Gasteiger charge is -2.42. The van der Waals surface area contributed by atoms with Crippen molar-refractivity contribution < 1.29 is 9.59 Å². The van der Waals surface area contributed by atoms with E-state index in [1.807, 2.05) is 56.5 Å². The van der Waals surface area contributed by atoms with Crippen molar-refractivity contribution in [3.05, 3.63) is 59.8 Å². The first-order valence-corrected chi connectivity index (χ1v) is 8.03. The Bertz CT molecular complexity index is 764. The second kappa shape index (κ2) is 6.07. The summed E-state index contributed by atoms with van der Waals surface area (Å²) in [4.78, 5) is 30.9. The molecule has 0 aliphatic carbocycles. The van der Waals surface area contributed by atoms with Crippen LogP contribution in [0.5, 0.6) is 0 Å². The van der Waals surface area contributed by atoms with Crippen molar-refractivity contribution in [2.24, 2.45) is 4.99 Å². The minimum absolute atomic E-state index is 0.0570. The summed E-state index contributed by atoms with van der Waals surface area (Å²) in [5, 5.41) is 3.03. The highest BCUT2D eigenvalue weighted by atomic mass is 16.2. The number of benzene rings is 1. The number of aliphatic imine (C=N–C) groups is 1. The summed E-state index contributed by atoms with van der Waals surface area (Å²) in [5.74, 6) is 0.0599. The van der Waals surface area contributed by atoms with Crippen LogP contribution in [0.4, 0.5) is 0 Å². The van der Waals surface area contributed by atoms with Gasteiger partial charge in [0.2, 0.25) is 5.91 Å². The molecule has 0 saturated carbocycles. The van der Waals surface area contributed by atoms with Crippen LogP contribution in [0.3, 0.4) is 0 Å². The van der Waals surface area contributed by atoms with E-state index in [4.69, 9.17) is 0 Å². The van der Waals surface area contributed by atoms with Crippen molar-refractivity contribution in [3.8, 4) is 0 Å². The summed E-state index contributed by atoms with van der Waals surface area (Å²) in [7, 11) is 0. The molecule has 0 bridgehead atoms. The fraction of sp³-hybridized carbons (Fsp3) is 0.316. The lowest BCUT2D eigenvalue weighted by Crippen LogP contribution is -2.60. The van der Waals surface area contributed by atoms with Crippen LogP contribution in [-0.4, -0.2) is 28.1 Å². The molecule has 2 unspecified atom stereocenters. The van der Waals surface area contributed by atoms with Crippen molar-refractivity contribution in [2.75, 3.05) is 0 Å². The number of rotatable bonds is 3. The fourth-order valence-corrected chi connectivity index (χ4v) is 3.00. The lowest BCUT2D eigenvalue weighted by atomic mass is 9.90. The number of amides is 2. The van der Waals surface area contributed by atoms with Gasteiger partial charge in [-0.05, 0) is 38.0 Å². The maximum Gasteiger partial charge on any atom is 0.250 e. The average molecular weight is 323 g/mol. The zero-order chi connectivity index (χ0) is 17.3. The molecule has 0 spiro atoms. The highest BCUT2D eigenvalue weighted by Crippen LogP contribution is 2.30. The largest absolute Gasteiger partial charge is 0.348 e. The number of fused-ring (bicyclic) bond motifs is 1. The molecule has 1 aromatic carbocycles. The average Bonchev–Trinajstić information content (AvgIpc) is 2.56. The Morgan fingerprint density at radius 1 is 1.29 bits per heavy atom. The first-order chi connectivity index (χ1) is 11.4. The van der Waals surface area contributed by atoms with E-state index in [0.717, 1.165) is 11.1 Å². The number of amidine groups is 1. The van der Waals surface area contributed by atoms with E-state index in [0.29, 0.717) is 5.84 Å². The normalized spacial score (nSPS) is 24.0. The summed E-state index contributed by atoms with van der Waals surface area (Å²) < 4.78 is 0. The zero-order valence-corrected chi connectivity index (χ0v) is 14.1. The van der Waals surface area contributed by atoms with Gasteiger partial charge < -0.3 is 10.2 Å². The van der Waals surface area contributed by atoms with Gasteiger partial charge in [-0.25, -0.2) is 0 Å². The molecule has 0 fully saturated rings. The number of hydrogen-bond acceptors (Lipinski definition) is 3. The third-order valence-corrected chi connectivity index (χ3v) is 4.48. The Morgan fingerprint density at radius 3 is 2.71 bits per heavy atom. The van der Waals surface area contributed by atoms with Gasteiger partial charge >= 0.3 is 0 Å². The van der Waals surface area contributed by atoms with E-state index >= 15 is 0 Å². The third-order valence-electron chi connectivity index (χ3n) is 4.48. The van der Waals surface area contributed by atoms with Crippen LogP contribution in [0.25, 0.3) is 0 Å². The van der Waals surface area contributed by atoms with Gasteiger partial charge in [0, 0.05) is 6.20 Å². The maximum atomic E-state index is 13.0. The van der Waals surface area contributed by atoms with E-state index in [1.165, 1.54) is 0 Å². The summed E-state index contributed by atoms with van der Waals surface area (Å²) in [6.07, 6.45) is 5.59. The van der Waals surface area contributed by atoms with Gasteiger partial charge in [-0.2, -0.15) is 4.99 Å². The molecule has 2 aliphatic heterocycles. The van der Waals surface area contributed by atoms with Crippen LogP contribution in [0.1, 0.15) is 38.8 Å². The first kappa shape index (κ1) is 16.2. The van der Waals surface area contributed by atoms with Crippen molar-refractivity contribution >= 4 is 17.6 Å². The van der Waals surface area contributed by atoms with Gasteiger partial charge in [0.25, 0.3) is 5.91 Å². The molecule has 2 heterocycles. The van der Waals surface area contributed by atoms with Gasteiger partial charge in [-0.15, -0.1) is 0 Å². The lowest BCUT2D eigenvalue weighted by molar-refractivity contribution is -0.135. The van der Waals surface area contributed by atoms with Gasteiger partial charge in [0.05, 0.1) is 12.5 Å². The minimum atomic E-state index is -0.983. The molecule has 2 aliphatic rings. The van der Waals surface area contributed by atoms with Crippen LogP contribution in [-0.2, 0) is 9.59 Å². The monoisotopic (exact) mass is 323 g/mol. The van der Waals surface area contributed by atoms with Crippen LogP contribution in [0, 0.1) is 0 Å². The maximum absolute atomic E-state index is 13.0. The van der Waals surface area contributed by atoms with Crippen molar-refractivity contribution in [2.45, 2.75) is 38.8 Å². The van der Waals surface area contributed by atoms with E-state index in [-0.39, 0.29) is 24.3 Å². The molecule has 2 amide bonds. The van der Waals surface area contributed by atoms with E-state index in [1.54, 1.807) is 17.9 Å². The van der Waals surface area contributed by atoms with Crippen LogP contribution in [0.2, 0.25) is 0 Å². The predicted octanol–water partition coefficient (Wildman–Crippen LogP) is 2.73. The Kier molecular flexibility index (Phi) is 4.09. The number of allylic oxidation sites excluding steroid dienone is 2. The molecule has 24 heavy (non-hydrogen) atoms. The van der Waals surface area contributed by atoms with E-state index in [2.05, 4.69) is 10.3 Å². The quantitative estimate of drug-likeness (QED) is 0.930. The molecule has 5 nitrogen and oxygen atoms in total. The van der Waals surface area contributed by atoms with E-state index in [9.17, 15) is 9.59 Å². The number of carbonyl (C=O) groups excluding carboxylic acids is 2. The molecule has 2 atom stereocenters.